The van der Waals surface area contributed by atoms with Gasteiger partial charge >= 0.3 is 11.9 Å². The first-order valence-electron chi connectivity index (χ1n) is 15.8. The second-order valence-corrected chi connectivity index (χ2v) is 9.86. The molecule has 0 saturated carbocycles. The van der Waals surface area contributed by atoms with Crippen LogP contribution >= 0.6 is 0 Å². The van der Waals surface area contributed by atoms with Gasteiger partial charge in [0.05, 0.1) is 13.2 Å². The number of hydrogen-bond donors (Lipinski definition) is 0. The summed E-state index contributed by atoms with van der Waals surface area (Å²) in [5, 5.41) is 0. The van der Waals surface area contributed by atoms with Gasteiger partial charge in [0.2, 0.25) is 0 Å². The molecule has 0 aromatic rings. The molecule has 0 radical (unpaired) electrons. The highest BCUT2D eigenvalue weighted by molar-refractivity contribution is 5.86. The number of rotatable bonds is 24. The minimum atomic E-state index is -0.583. The number of unbranched alkanes of at least 4 members (excludes halogenated alkanes) is 18. The first-order valence-corrected chi connectivity index (χ1v) is 15.3. The van der Waals surface area contributed by atoms with Gasteiger partial charge in [-0.05, 0) is 26.7 Å². The Kier molecular flexibility index (Phi) is 37.5. The van der Waals surface area contributed by atoms with Crippen molar-refractivity contribution in [3.05, 3.63) is 24.8 Å². The Hall–Kier alpha value is -1.91. The van der Waals surface area contributed by atoms with Crippen molar-refractivity contribution < 1.29 is 25.2 Å². The van der Waals surface area contributed by atoms with Crippen molar-refractivity contribution in [2.24, 2.45) is 0 Å². The highest BCUT2D eigenvalue weighted by Crippen LogP contribution is 2.11. The number of aldehydes is 1. The summed E-state index contributed by atoms with van der Waals surface area (Å²) in [6.45, 7) is 15.4. The van der Waals surface area contributed by atoms with Crippen LogP contribution in [0.3, 0.4) is 0 Å². The fourth-order valence-electron chi connectivity index (χ4n) is 3.70. The van der Waals surface area contributed by atoms with Crippen LogP contribution in [0.4, 0.5) is 0 Å². The molecule has 0 aliphatic heterocycles. The molecule has 0 aromatic carbocycles. The van der Waals surface area contributed by atoms with Crippen LogP contribution in [0.1, 0.15) is 157 Å². The maximum absolute atomic E-state index is 11.1. The molecule has 38 heavy (non-hydrogen) atoms. The summed E-state index contributed by atoms with van der Waals surface area (Å²) in [6.07, 6.45) is 26.6. The molecule has 5 heteroatoms. The Bertz CT molecular complexity index is 585. The molecule has 0 aliphatic carbocycles. The van der Waals surface area contributed by atoms with Crippen molar-refractivity contribution in [3.8, 4) is 0 Å². The van der Waals surface area contributed by atoms with Crippen molar-refractivity contribution in [3.63, 3.8) is 0 Å². The molecule has 0 atom stereocenters. The second kappa shape index (κ2) is 37.2. The normalized spacial score (nSPS) is 10.2. The van der Waals surface area contributed by atoms with E-state index in [2.05, 4.69) is 27.0 Å². The van der Waals surface area contributed by atoms with Crippen LogP contribution < -0.4 is 0 Å². The summed E-state index contributed by atoms with van der Waals surface area (Å²) >= 11 is 0. The quantitative estimate of drug-likeness (QED) is 0.0528. The second-order valence-electron chi connectivity index (χ2n) is 9.86. The lowest BCUT2D eigenvalue weighted by Gasteiger charge is -2.04. The molecule has 0 N–H and O–H groups in total. The average Bonchev–Trinajstić information content (AvgIpc) is 2.90. The monoisotopic (exact) mass is 539 g/mol. The summed E-state index contributed by atoms with van der Waals surface area (Å²) < 4.78 is 15.9. The third kappa shape index (κ3) is 41.2. The fourth-order valence-corrected chi connectivity index (χ4v) is 3.70. The van der Waals surface area contributed by atoms with Gasteiger partial charge in [-0.2, -0.15) is 0 Å². The van der Waals surface area contributed by atoms with Crippen LogP contribution in [0.15, 0.2) is 24.8 Å². The highest BCUT2D eigenvalue weighted by Gasteiger charge is 2.01. The minimum Gasteiger partial charge on any atom is -0.463 e. The Morgan fingerprint density at radius 3 is 1.24 bits per heavy atom. The van der Waals surface area contributed by atoms with E-state index in [1.165, 1.54) is 129 Å². The van der Waals surface area contributed by atoms with Gasteiger partial charge in [-0.1, -0.05) is 143 Å². The van der Waals surface area contributed by atoms with Gasteiger partial charge in [0.25, 0.3) is 0 Å². The molecule has 224 valence electrons. The molecule has 0 fully saturated rings. The largest absolute Gasteiger partial charge is 0.463 e. The third-order valence-corrected chi connectivity index (χ3v) is 5.99. The average molecular weight is 540 g/mol. The van der Waals surface area contributed by atoms with Gasteiger partial charge < -0.3 is 14.3 Å². The fraction of sp³-hybridized carbons (Fsp3) is 0.788. The van der Waals surface area contributed by atoms with E-state index in [4.69, 9.17) is 15.6 Å². The van der Waals surface area contributed by atoms with Gasteiger partial charge in [0.1, 0.15) is 7.63 Å². The molecule has 0 heterocycles. The van der Waals surface area contributed by atoms with Crippen molar-refractivity contribution in [2.75, 3.05) is 13.2 Å². The van der Waals surface area contributed by atoms with Crippen LogP contribution in [0.25, 0.3) is 0 Å². The van der Waals surface area contributed by atoms with Crippen LogP contribution in [0.2, 0.25) is 0 Å². The SMILES string of the molecule is C=C(C)C(=O)OCCCCCCCCCCCC.C=CC(=O)OCCCCCCCCCCCC.[2H]C(C)=O. The number of carbonyl (C=O) groups is 3. The van der Waals surface area contributed by atoms with Crippen molar-refractivity contribution in [1.82, 2.24) is 0 Å². The minimum absolute atomic E-state index is 0.258. The van der Waals surface area contributed by atoms with E-state index in [1.807, 2.05) is 0 Å². The molecular weight excluding hydrogens is 476 g/mol. The number of esters is 2. The van der Waals surface area contributed by atoms with Gasteiger partial charge in [-0.15, -0.1) is 0 Å². The van der Waals surface area contributed by atoms with E-state index in [-0.39, 0.29) is 11.9 Å². The predicted octanol–water partition coefficient (Wildman–Crippen LogP) is 9.87. The van der Waals surface area contributed by atoms with E-state index in [1.54, 1.807) is 6.92 Å². The summed E-state index contributed by atoms with van der Waals surface area (Å²) in [6, 6.07) is 0. The lowest BCUT2D eigenvalue weighted by atomic mass is 10.1. The van der Waals surface area contributed by atoms with Crippen molar-refractivity contribution in [2.45, 2.75) is 156 Å². The Balaban J connectivity index is -0.000000584. The smallest absolute Gasteiger partial charge is 0.333 e. The van der Waals surface area contributed by atoms with Gasteiger partial charge in [-0.25, -0.2) is 9.59 Å². The maximum atomic E-state index is 11.1. The van der Waals surface area contributed by atoms with Gasteiger partial charge in [-0.3, -0.25) is 0 Å². The van der Waals surface area contributed by atoms with E-state index in [0.717, 1.165) is 12.8 Å². The molecule has 0 aromatic heterocycles. The Labute approximate surface area is 237 Å². The summed E-state index contributed by atoms with van der Waals surface area (Å²) in [5.41, 5.74) is 0.488. The zero-order valence-corrected chi connectivity index (χ0v) is 25.6. The molecular formula is C33H62O5. The summed E-state index contributed by atoms with van der Waals surface area (Å²) in [7, 11) is 0. The molecule has 5 nitrogen and oxygen atoms in total. The van der Waals surface area contributed by atoms with Crippen LogP contribution in [-0.4, -0.2) is 31.4 Å². The molecule has 0 saturated heterocycles. The van der Waals surface area contributed by atoms with E-state index >= 15 is 0 Å². The standard InChI is InChI=1S/C16H30O2.C15H28O2.C2H4O/c1-4-5-6-7-8-9-10-11-12-13-14-18-16(17)15(2)3;1-3-5-6-7-8-9-10-11-12-13-14-17-15(16)4-2;1-2-3/h2,4-14H2,1,3H3;4H,2-3,5-14H2,1H3;2H,1H3/i;;2D. The zero-order valence-electron chi connectivity index (χ0n) is 26.6. The predicted molar refractivity (Wildman–Crippen MR) is 162 cm³/mol. The molecule has 0 aliphatic rings. The third-order valence-electron chi connectivity index (χ3n) is 5.99. The maximum Gasteiger partial charge on any atom is 0.333 e. The highest BCUT2D eigenvalue weighted by atomic mass is 16.5. The van der Waals surface area contributed by atoms with Gasteiger partial charge in [0, 0.05) is 11.6 Å². The molecule has 0 amide bonds. The first kappa shape index (κ1) is 38.2. The molecule has 0 rings (SSSR count). The van der Waals surface area contributed by atoms with E-state index in [0.29, 0.717) is 18.8 Å². The Morgan fingerprint density at radius 2 is 0.947 bits per heavy atom. The lowest BCUT2D eigenvalue weighted by molar-refractivity contribution is -0.139. The number of ether oxygens (including phenoxy) is 2. The molecule has 0 bridgehead atoms. The van der Waals surface area contributed by atoms with Crippen LogP contribution in [0.5, 0.6) is 0 Å². The Morgan fingerprint density at radius 1 is 0.658 bits per heavy atom. The van der Waals surface area contributed by atoms with E-state index < -0.39 is 6.26 Å². The van der Waals surface area contributed by atoms with Crippen molar-refractivity contribution in [1.29, 1.82) is 0 Å². The van der Waals surface area contributed by atoms with Crippen LogP contribution in [-0.2, 0) is 23.9 Å². The summed E-state index contributed by atoms with van der Waals surface area (Å²) in [4.78, 5) is 30.9. The van der Waals surface area contributed by atoms with Gasteiger partial charge in [0.15, 0.2) is 0 Å². The van der Waals surface area contributed by atoms with Crippen molar-refractivity contribution >= 4 is 18.2 Å². The zero-order chi connectivity index (χ0) is 30.0. The van der Waals surface area contributed by atoms with Crippen LogP contribution in [0, 0.1) is 0 Å². The lowest BCUT2D eigenvalue weighted by Crippen LogP contribution is -2.05. The topological polar surface area (TPSA) is 69.7 Å². The molecule has 0 unspecified atom stereocenters. The van der Waals surface area contributed by atoms with E-state index in [9.17, 15) is 9.59 Å². The number of carbonyl (C=O) groups excluding carboxylic acids is 3. The molecule has 0 spiro atoms. The summed E-state index contributed by atoms with van der Waals surface area (Å²) in [5.74, 6) is -0.563. The number of hydrogen-bond acceptors (Lipinski definition) is 5. The first-order chi connectivity index (χ1) is 18.7.